The van der Waals surface area contributed by atoms with Gasteiger partial charge in [0.2, 0.25) is 0 Å². The minimum atomic E-state index is -1.27. The van der Waals surface area contributed by atoms with Crippen molar-refractivity contribution in [3.05, 3.63) is 87.4 Å². The van der Waals surface area contributed by atoms with Crippen LogP contribution in [0.5, 0.6) is 5.75 Å². The molecule has 0 fully saturated rings. The standard InChI is InChI=1S/C40H30Cl3N9O3.Cu/c1-39(2,3)18-14-15-21-23(16-18)34-46-33(21)45-31-19-10-6-7-11-20(19)32(44-31)48-36-25-26(28(42)30(29(43)27(25)41)55-17-40(4,5)38(53)54)37(49-36)51-52-24-13-9-8-12-22(24)35(47-34)50-52;/h6-16H,17H2,1-5H3,(H2,44,45,46,47,48,49,50,51,53,54);/q;+2/p-1. The van der Waals surface area contributed by atoms with E-state index in [-0.39, 0.29) is 66.6 Å². The number of carboxylic acid groups (broad SMARTS) is 1. The number of ether oxygens (including phenoxy) is 1. The van der Waals surface area contributed by atoms with Crippen LogP contribution in [0.2, 0.25) is 15.1 Å². The molecule has 0 atom stereocenters. The van der Waals surface area contributed by atoms with Crippen LogP contribution >= 0.6 is 34.8 Å². The Morgan fingerprint density at radius 3 is 1.96 bits per heavy atom. The molecule has 16 heteroatoms. The van der Waals surface area contributed by atoms with Crippen LogP contribution < -0.4 is 19.5 Å². The molecule has 0 spiro atoms. The summed E-state index contributed by atoms with van der Waals surface area (Å²) in [7, 11) is 0. The molecule has 12 nitrogen and oxygen atoms in total. The summed E-state index contributed by atoms with van der Waals surface area (Å²) < 4.78 is 5.98. The summed E-state index contributed by atoms with van der Waals surface area (Å²) >= 11 is 20.9. The van der Waals surface area contributed by atoms with Gasteiger partial charge < -0.3 is 34.8 Å². The van der Waals surface area contributed by atoms with Crippen molar-refractivity contribution in [3.63, 3.8) is 0 Å². The number of halogens is 3. The van der Waals surface area contributed by atoms with Gasteiger partial charge in [0.15, 0.2) is 11.6 Å². The zero-order chi connectivity index (χ0) is 38.6. The normalized spacial score (nSPS) is 12.4. The van der Waals surface area contributed by atoms with Gasteiger partial charge in [0.25, 0.3) is 5.69 Å². The summed E-state index contributed by atoms with van der Waals surface area (Å²) in [5, 5.41) is 21.7. The van der Waals surface area contributed by atoms with Crippen LogP contribution in [0.1, 0.15) is 40.2 Å². The fourth-order valence-corrected chi connectivity index (χ4v) is 7.38. The first kappa shape index (κ1) is 37.7. The second-order valence-electron chi connectivity index (χ2n) is 15.0. The average Bonchev–Trinajstić information content (AvgIpc) is 3.88. The molecular formula is C40H29Cl3CuN9O3+. The number of nitrogens with zero attached hydrogens (tertiary/aromatic N) is 9. The molecule has 2 aliphatic heterocycles. The number of hydrogen-bond donors (Lipinski definition) is 1. The number of para-hydroxylation sites is 1. The third kappa shape index (κ3) is 6.05. The topological polar surface area (TPSA) is 156 Å². The number of carboxylic acids is 1. The van der Waals surface area contributed by atoms with Gasteiger partial charge in [-0.1, -0.05) is 109 Å². The molecule has 1 N–H and O–H groups in total. The Morgan fingerprint density at radius 1 is 0.696 bits per heavy atom. The molecule has 3 aromatic heterocycles. The van der Waals surface area contributed by atoms with Crippen LogP contribution in [-0.2, 0) is 27.3 Å². The zero-order valence-electron chi connectivity index (χ0n) is 30.3. The van der Waals surface area contributed by atoms with E-state index in [0.717, 1.165) is 21.9 Å². The van der Waals surface area contributed by atoms with Crippen molar-refractivity contribution in [3.8, 4) is 45.6 Å². The Bertz CT molecular complexity index is 2990. The molecule has 5 heterocycles. The fourth-order valence-electron chi connectivity index (χ4n) is 6.50. The number of rotatable bonds is 4. The van der Waals surface area contributed by atoms with Crippen LogP contribution in [0.3, 0.4) is 0 Å². The molecule has 1 radical (unpaired) electrons. The fraction of sp³-hybridized carbons (Fsp3) is 0.200. The number of hydrogen-bond acceptors (Lipinski definition) is 8. The van der Waals surface area contributed by atoms with Gasteiger partial charge >= 0.3 is 23.0 Å². The average molecular weight is 854 g/mol. The predicted molar refractivity (Wildman–Crippen MR) is 211 cm³/mol. The van der Waals surface area contributed by atoms with Gasteiger partial charge in [0.05, 0.1) is 38.3 Å². The van der Waals surface area contributed by atoms with Crippen molar-refractivity contribution >= 4 is 84.9 Å². The molecule has 8 bridgehead atoms. The third-order valence-electron chi connectivity index (χ3n) is 9.67. The Hall–Kier alpha value is -5.17. The van der Waals surface area contributed by atoms with Crippen molar-refractivity contribution in [2.75, 3.05) is 6.61 Å². The molecule has 0 saturated carbocycles. The largest absolute Gasteiger partial charge is 2.00 e. The number of benzene rings is 4. The van der Waals surface area contributed by atoms with Crippen LogP contribution in [0.15, 0.2) is 66.7 Å². The van der Waals surface area contributed by atoms with Crippen LogP contribution in [0.4, 0.5) is 0 Å². The van der Waals surface area contributed by atoms with Crippen molar-refractivity contribution < 1.29 is 36.5 Å². The van der Waals surface area contributed by atoms with Gasteiger partial charge in [-0.25, -0.2) is 4.98 Å². The minimum Gasteiger partial charge on any atom is -0.489 e. The van der Waals surface area contributed by atoms with E-state index in [2.05, 4.69) is 32.9 Å². The summed E-state index contributed by atoms with van der Waals surface area (Å²) in [6.07, 6.45) is 0. The maximum Gasteiger partial charge on any atom is 2.00 e. The maximum absolute atomic E-state index is 11.9. The number of aromatic nitrogens is 9. The van der Waals surface area contributed by atoms with E-state index in [9.17, 15) is 9.90 Å². The molecule has 56 heavy (non-hydrogen) atoms. The molecular weight excluding hydrogens is 824 g/mol. The second kappa shape index (κ2) is 13.5. The SMILES string of the molecule is CC(C)(COc1c(Cl)c(Cl)c2c3nc4nc(nc5[n-]c(nc6n[n+](nc([n-]3)c2c1Cl)-c1ccccc1-6)c1cc(C(C)(C)C)ccc51)-c1ccccc1-4)C(=O)O.[Cu+2]. The Morgan fingerprint density at radius 2 is 1.29 bits per heavy atom. The van der Waals surface area contributed by atoms with Crippen molar-refractivity contribution in [2.24, 2.45) is 5.41 Å². The predicted octanol–water partition coefficient (Wildman–Crippen LogP) is 8.48. The summed E-state index contributed by atoms with van der Waals surface area (Å²) in [5.74, 6) is 0.00887. The van der Waals surface area contributed by atoms with E-state index in [1.165, 1.54) is 18.6 Å². The number of aliphatic carboxylic acids is 1. The van der Waals surface area contributed by atoms with E-state index in [0.29, 0.717) is 51.0 Å². The number of carbonyl (C=O) groups is 1. The molecule has 2 aliphatic rings. The quantitative estimate of drug-likeness (QED) is 0.103. The Balaban J connectivity index is 0.00000441. The van der Waals surface area contributed by atoms with Gasteiger partial charge in [0, 0.05) is 54.8 Å². The first-order chi connectivity index (χ1) is 26.2. The van der Waals surface area contributed by atoms with Crippen LogP contribution in [-0.4, -0.2) is 47.8 Å². The van der Waals surface area contributed by atoms with Gasteiger partial charge in [0.1, 0.15) is 11.6 Å². The summed E-state index contributed by atoms with van der Waals surface area (Å²) in [6, 6.07) is 21.3. The summed E-state index contributed by atoms with van der Waals surface area (Å²) in [6.45, 7) is 9.26. The molecule has 283 valence electrons. The van der Waals surface area contributed by atoms with Crippen LogP contribution in [0, 0.1) is 5.41 Å². The molecule has 7 aromatic rings. The molecule has 4 aromatic carbocycles. The minimum absolute atomic E-state index is 0. The Labute approximate surface area is 344 Å². The Kier molecular flexibility index (Phi) is 9.09. The van der Waals surface area contributed by atoms with E-state index in [1.54, 1.807) is 0 Å². The first-order valence-corrected chi connectivity index (χ1v) is 18.4. The third-order valence-corrected chi connectivity index (χ3v) is 10.9. The van der Waals surface area contributed by atoms with E-state index >= 15 is 0 Å². The van der Waals surface area contributed by atoms with E-state index in [4.69, 9.17) is 79.6 Å². The molecule has 0 unspecified atom stereocenters. The van der Waals surface area contributed by atoms with Crippen molar-refractivity contribution in [1.82, 2.24) is 40.1 Å². The zero-order valence-corrected chi connectivity index (χ0v) is 33.5. The molecule has 0 amide bonds. The van der Waals surface area contributed by atoms with Gasteiger partial charge in [-0.15, -0.1) is 0 Å². The first-order valence-electron chi connectivity index (χ1n) is 17.2. The van der Waals surface area contributed by atoms with Gasteiger partial charge in [-0.3, -0.25) is 4.79 Å². The summed E-state index contributed by atoms with van der Waals surface area (Å²) in [4.78, 5) is 43.0. The molecule has 9 rings (SSSR count). The van der Waals surface area contributed by atoms with Crippen molar-refractivity contribution in [1.29, 1.82) is 0 Å². The van der Waals surface area contributed by atoms with Crippen molar-refractivity contribution in [2.45, 2.75) is 40.0 Å². The summed E-state index contributed by atoms with van der Waals surface area (Å²) in [5.41, 5.74) is 3.62. The van der Waals surface area contributed by atoms with Gasteiger partial charge in [-0.05, 0) is 47.7 Å². The van der Waals surface area contributed by atoms with E-state index in [1.807, 2.05) is 54.6 Å². The monoisotopic (exact) mass is 851 g/mol. The maximum atomic E-state index is 11.9. The van der Waals surface area contributed by atoms with Gasteiger partial charge in [-0.2, -0.15) is 0 Å². The second-order valence-corrected chi connectivity index (χ2v) is 16.1. The molecule has 0 aliphatic carbocycles. The molecule has 0 saturated heterocycles. The van der Waals surface area contributed by atoms with Crippen LogP contribution in [0.25, 0.3) is 84.0 Å². The van der Waals surface area contributed by atoms with E-state index < -0.39 is 11.4 Å². The smallest absolute Gasteiger partial charge is 0.489 e. The number of fused-ring (bicyclic) bond motifs is 20.